The SMILES string of the molecule is CCN(CC)C(C1C(c2c(C)ccc3ccccc23)=CC=CC1(C)c1c(C)ccc2ccccc12)[N+](CC)(CC)CC. The van der Waals surface area contributed by atoms with Crippen LogP contribution in [0.1, 0.15) is 63.8 Å². The zero-order valence-electron chi connectivity index (χ0n) is 27.2. The highest BCUT2D eigenvalue weighted by molar-refractivity contribution is 5.97. The third-order valence-corrected chi connectivity index (χ3v) is 10.7. The molecular formula is C40H51N2+. The zero-order valence-corrected chi connectivity index (χ0v) is 27.2. The van der Waals surface area contributed by atoms with Crippen molar-refractivity contribution in [3.8, 4) is 0 Å². The Morgan fingerprint density at radius 3 is 1.86 bits per heavy atom. The second-order valence-corrected chi connectivity index (χ2v) is 12.5. The minimum Gasteiger partial charge on any atom is -0.309 e. The van der Waals surface area contributed by atoms with E-state index in [-0.39, 0.29) is 11.3 Å². The number of hydrogen-bond acceptors (Lipinski definition) is 1. The lowest BCUT2D eigenvalue weighted by Crippen LogP contribution is -2.67. The van der Waals surface area contributed by atoms with Crippen LogP contribution < -0.4 is 0 Å². The van der Waals surface area contributed by atoms with Gasteiger partial charge >= 0.3 is 0 Å². The molecule has 4 aromatic carbocycles. The van der Waals surface area contributed by atoms with Gasteiger partial charge in [0.25, 0.3) is 0 Å². The summed E-state index contributed by atoms with van der Waals surface area (Å²) in [6.07, 6.45) is 7.69. The van der Waals surface area contributed by atoms with Crippen LogP contribution in [0.4, 0.5) is 0 Å². The Bertz CT molecular complexity index is 1610. The number of quaternary nitrogens is 1. The standard InChI is InChI=1S/C40H51N2/c1-9-41(10-2)39(42(11-3,12-4)13-5)38-35(36-29(6)24-26-31-19-14-16-21-33(31)36)23-18-28-40(38,8)37-30(7)25-27-32-20-15-17-22-34(32)37/h14-28,38-39H,9-13H2,1-8H3/q+1. The van der Waals surface area contributed by atoms with Gasteiger partial charge in [-0.1, -0.05) is 112 Å². The number of benzene rings is 4. The van der Waals surface area contributed by atoms with Crippen LogP contribution in [0, 0.1) is 19.8 Å². The van der Waals surface area contributed by atoms with Gasteiger partial charge in [0.1, 0.15) is 0 Å². The third-order valence-electron chi connectivity index (χ3n) is 10.7. The predicted octanol–water partition coefficient (Wildman–Crippen LogP) is 9.68. The third kappa shape index (κ3) is 4.83. The van der Waals surface area contributed by atoms with E-state index in [2.05, 4.69) is 151 Å². The second-order valence-electron chi connectivity index (χ2n) is 12.5. The fraction of sp³-hybridized carbons (Fsp3) is 0.400. The van der Waals surface area contributed by atoms with Crippen molar-refractivity contribution < 1.29 is 4.48 Å². The average molecular weight is 560 g/mol. The van der Waals surface area contributed by atoms with Crippen LogP contribution in [0.2, 0.25) is 0 Å². The summed E-state index contributed by atoms with van der Waals surface area (Å²) in [5.74, 6) is 0.247. The number of rotatable bonds is 10. The minimum atomic E-state index is -0.214. The minimum absolute atomic E-state index is 0.214. The molecule has 0 heterocycles. The molecule has 2 heteroatoms. The van der Waals surface area contributed by atoms with Crippen molar-refractivity contribution in [3.05, 3.63) is 113 Å². The van der Waals surface area contributed by atoms with E-state index in [4.69, 9.17) is 0 Å². The summed E-state index contributed by atoms with van der Waals surface area (Å²) in [6, 6.07) is 27.3. The highest BCUT2D eigenvalue weighted by Crippen LogP contribution is 2.52. The predicted molar refractivity (Wildman–Crippen MR) is 184 cm³/mol. The van der Waals surface area contributed by atoms with Crippen LogP contribution in [0.3, 0.4) is 0 Å². The van der Waals surface area contributed by atoms with Gasteiger partial charge in [-0.25, -0.2) is 0 Å². The van der Waals surface area contributed by atoms with E-state index in [1.54, 1.807) is 0 Å². The lowest BCUT2D eigenvalue weighted by atomic mass is 9.61. The Labute approximate surface area is 254 Å². The molecule has 1 aliphatic rings. The van der Waals surface area contributed by atoms with E-state index >= 15 is 0 Å². The van der Waals surface area contributed by atoms with Crippen LogP contribution in [0.25, 0.3) is 27.1 Å². The lowest BCUT2D eigenvalue weighted by Gasteiger charge is -2.55. The molecular weight excluding hydrogens is 508 g/mol. The molecule has 2 nitrogen and oxygen atoms in total. The van der Waals surface area contributed by atoms with Gasteiger partial charge in [-0.3, -0.25) is 4.90 Å². The Morgan fingerprint density at radius 2 is 1.26 bits per heavy atom. The van der Waals surface area contributed by atoms with Gasteiger partial charge in [0.05, 0.1) is 25.6 Å². The van der Waals surface area contributed by atoms with Crippen LogP contribution in [-0.2, 0) is 5.41 Å². The molecule has 3 unspecified atom stereocenters. The van der Waals surface area contributed by atoms with Crippen molar-refractivity contribution in [2.45, 2.75) is 67.0 Å². The van der Waals surface area contributed by atoms with Crippen molar-refractivity contribution in [3.63, 3.8) is 0 Å². The molecule has 0 saturated carbocycles. The van der Waals surface area contributed by atoms with Crippen molar-refractivity contribution in [1.82, 2.24) is 4.90 Å². The van der Waals surface area contributed by atoms with E-state index in [0.717, 1.165) is 37.2 Å². The molecule has 42 heavy (non-hydrogen) atoms. The normalized spacial score (nSPS) is 19.9. The number of nitrogens with zero attached hydrogens (tertiary/aromatic N) is 2. The first-order valence-corrected chi connectivity index (χ1v) is 16.3. The maximum absolute atomic E-state index is 2.79. The van der Waals surface area contributed by atoms with E-state index in [1.165, 1.54) is 49.4 Å². The summed E-state index contributed by atoms with van der Waals surface area (Å²) in [5, 5.41) is 5.39. The molecule has 0 amide bonds. The monoisotopic (exact) mass is 559 g/mol. The molecule has 0 aliphatic heterocycles. The maximum Gasteiger partial charge on any atom is 0.153 e. The average Bonchev–Trinajstić information content (AvgIpc) is 3.01. The zero-order chi connectivity index (χ0) is 30.1. The Hall–Kier alpha value is -3.20. The van der Waals surface area contributed by atoms with Crippen molar-refractivity contribution in [2.75, 3.05) is 32.7 Å². The molecule has 0 aromatic heterocycles. The van der Waals surface area contributed by atoms with E-state index in [9.17, 15) is 0 Å². The van der Waals surface area contributed by atoms with E-state index in [0.29, 0.717) is 6.17 Å². The molecule has 0 bridgehead atoms. The Kier molecular flexibility index (Phi) is 8.78. The quantitative estimate of drug-likeness (QED) is 0.138. The maximum atomic E-state index is 2.79. The molecule has 4 aromatic rings. The largest absolute Gasteiger partial charge is 0.309 e. The van der Waals surface area contributed by atoms with Gasteiger partial charge in [0.15, 0.2) is 6.17 Å². The lowest BCUT2D eigenvalue weighted by molar-refractivity contribution is -0.961. The molecule has 0 N–H and O–H groups in total. The van der Waals surface area contributed by atoms with Crippen LogP contribution >= 0.6 is 0 Å². The van der Waals surface area contributed by atoms with Crippen LogP contribution in [0.5, 0.6) is 0 Å². The van der Waals surface area contributed by atoms with Gasteiger partial charge in [0.2, 0.25) is 0 Å². The van der Waals surface area contributed by atoms with Crippen LogP contribution in [0.15, 0.2) is 91.0 Å². The number of aryl methyl sites for hydroxylation is 2. The van der Waals surface area contributed by atoms with E-state index in [1.807, 2.05) is 0 Å². The highest BCUT2D eigenvalue weighted by Gasteiger charge is 2.53. The smallest absolute Gasteiger partial charge is 0.153 e. The molecule has 5 rings (SSSR count). The second kappa shape index (κ2) is 12.2. The van der Waals surface area contributed by atoms with Gasteiger partial charge in [0, 0.05) is 18.5 Å². The molecule has 0 radical (unpaired) electrons. The first-order chi connectivity index (χ1) is 20.3. The number of allylic oxidation sites excluding steroid dienone is 3. The summed E-state index contributed by atoms with van der Waals surface area (Å²) in [5.41, 5.74) is 6.90. The van der Waals surface area contributed by atoms with Crippen molar-refractivity contribution >= 4 is 27.1 Å². The number of fused-ring (bicyclic) bond motifs is 2. The highest BCUT2D eigenvalue weighted by atomic mass is 15.5. The summed E-state index contributed by atoms with van der Waals surface area (Å²) in [4.78, 5) is 2.79. The molecule has 0 saturated heterocycles. The number of hydrogen-bond donors (Lipinski definition) is 0. The summed E-state index contributed by atoms with van der Waals surface area (Å²) in [6.45, 7) is 24.5. The fourth-order valence-corrected chi connectivity index (χ4v) is 8.39. The van der Waals surface area contributed by atoms with Gasteiger partial charge in [-0.15, -0.1) is 0 Å². The molecule has 0 spiro atoms. The topological polar surface area (TPSA) is 3.24 Å². The summed E-state index contributed by atoms with van der Waals surface area (Å²) < 4.78 is 1.07. The fourth-order valence-electron chi connectivity index (χ4n) is 8.39. The van der Waals surface area contributed by atoms with E-state index < -0.39 is 0 Å². The Morgan fingerprint density at radius 1 is 0.714 bits per heavy atom. The summed E-state index contributed by atoms with van der Waals surface area (Å²) in [7, 11) is 0. The molecule has 1 aliphatic carbocycles. The molecule has 0 fully saturated rings. The summed E-state index contributed by atoms with van der Waals surface area (Å²) >= 11 is 0. The molecule has 3 atom stereocenters. The van der Waals surface area contributed by atoms with Gasteiger partial charge in [-0.05, 0) is 84.0 Å². The van der Waals surface area contributed by atoms with Gasteiger partial charge in [-0.2, -0.15) is 0 Å². The molecule has 220 valence electrons. The first kappa shape index (κ1) is 30.3. The van der Waals surface area contributed by atoms with Crippen molar-refractivity contribution in [1.29, 1.82) is 0 Å². The first-order valence-electron chi connectivity index (χ1n) is 16.3. The van der Waals surface area contributed by atoms with Crippen molar-refractivity contribution in [2.24, 2.45) is 5.92 Å². The Balaban J connectivity index is 1.92. The van der Waals surface area contributed by atoms with Gasteiger partial charge < -0.3 is 4.48 Å². The van der Waals surface area contributed by atoms with Crippen LogP contribution in [-0.4, -0.2) is 48.3 Å².